The van der Waals surface area contributed by atoms with Gasteiger partial charge in [0.2, 0.25) is 0 Å². The minimum absolute atomic E-state index is 0.101. The summed E-state index contributed by atoms with van der Waals surface area (Å²) in [6.45, 7) is 3.72. The van der Waals surface area contributed by atoms with Crippen LogP contribution in [-0.4, -0.2) is 18.5 Å². The van der Waals surface area contributed by atoms with Gasteiger partial charge >= 0.3 is 5.97 Å². The molecule has 25 heavy (non-hydrogen) atoms. The van der Waals surface area contributed by atoms with E-state index in [4.69, 9.17) is 4.74 Å². The lowest BCUT2D eigenvalue weighted by Crippen LogP contribution is -2.32. The number of ether oxygens (including phenoxy) is 1. The molecule has 0 saturated carbocycles. The Kier molecular flexibility index (Phi) is 7.19. The molecule has 0 aliphatic heterocycles. The summed E-state index contributed by atoms with van der Waals surface area (Å²) in [6.07, 6.45) is 0.919. The van der Waals surface area contributed by atoms with E-state index >= 15 is 0 Å². The van der Waals surface area contributed by atoms with Crippen molar-refractivity contribution in [2.24, 2.45) is 0 Å². The van der Waals surface area contributed by atoms with E-state index in [9.17, 15) is 9.59 Å². The molecule has 132 valence electrons. The number of halogens is 1. The first kappa shape index (κ1) is 19.2. The highest BCUT2D eigenvalue weighted by molar-refractivity contribution is 9.10. The van der Waals surface area contributed by atoms with Crippen molar-refractivity contribution >= 4 is 27.8 Å². The third-order valence-electron chi connectivity index (χ3n) is 3.85. The molecule has 5 heteroatoms. The van der Waals surface area contributed by atoms with E-state index in [0.29, 0.717) is 0 Å². The van der Waals surface area contributed by atoms with Crippen molar-refractivity contribution in [1.82, 2.24) is 5.32 Å². The van der Waals surface area contributed by atoms with E-state index in [0.717, 1.165) is 27.6 Å². The maximum absolute atomic E-state index is 12.1. The van der Waals surface area contributed by atoms with Crippen LogP contribution in [0.5, 0.6) is 0 Å². The Hall–Kier alpha value is -2.14. The fourth-order valence-corrected chi connectivity index (χ4v) is 2.69. The van der Waals surface area contributed by atoms with Gasteiger partial charge in [-0.1, -0.05) is 64.8 Å². The van der Waals surface area contributed by atoms with Crippen LogP contribution in [0.2, 0.25) is 0 Å². The van der Waals surface area contributed by atoms with Gasteiger partial charge in [0.25, 0.3) is 5.91 Å². The molecule has 2 aromatic carbocycles. The molecule has 2 rings (SSSR count). The van der Waals surface area contributed by atoms with Gasteiger partial charge in [-0.05, 0) is 36.6 Å². The first-order chi connectivity index (χ1) is 12.0. The number of amides is 1. The summed E-state index contributed by atoms with van der Waals surface area (Å²) < 4.78 is 6.07. The Balaban J connectivity index is 1.81. The summed E-state index contributed by atoms with van der Waals surface area (Å²) in [5.74, 6) is -0.706. The van der Waals surface area contributed by atoms with Crippen molar-refractivity contribution in [2.45, 2.75) is 32.7 Å². The zero-order valence-electron chi connectivity index (χ0n) is 14.4. The van der Waals surface area contributed by atoms with E-state index in [-0.39, 0.29) is 25.0 Å². The van der Waals surface area contributed by atoms with Crippen LogP contribution < -0.4 is 5.32 Å². The number of nitrogens with one attached hydrogen (secondary N) is 1. The number of carbonyl (C=O) groups is 2. The minimum atomic E-state index is -0.407. The molecule has 1 atom stereocenters. The van der Waals surface area contributed by atoms with Crippen molar-refractivity contribution in [2.75, 3.05) is 6.61 Å². The van der Waals surface area contributed by atoms with E-state index in [1.165, 1.54) is 0 Å². The van der Waals surface area contributed by atoms with E-state index in [2.05, 4.69) is 21.2 Å². The molecule has 1 amide bonds. The molecule has 0 aliphatic carbocycles. The molecule has 0 fully saturated rings. The Labute approximate surface area is 156 Å². The van der Waals surface area contributed by atoms with Gasteiger partial charge in [-0.2, -0.15) is 0 Å². The molecule has 0 bridgehead atoms. The van der Waals surface area contributed by atoms with Gasteiger partial charge in [-0.3, -0.25) is 9.59 Å². The van der Waals surface area contributed by atoms with Crippen molar-refractivity contribution < 1.29 is 14.3 Å². The number of carbonyl (C=O) groups excluding carboxylic acids is 2. The molecule has 4 nitrogen and oxygen atoms in total. The molecule has 0 aliphatic rings. The van der Waals surface area contributed by atoms with Gasteiger partial charge in [-0.25, -0.2) is 0 Å². The van der Waals surface area contributed by atoms with Crippen molar-refractivity contribution in [3.05, 3.63) is 69.7 Å². The highest BCUT2D eigenvalue weighted by Crippen LogP contribution is 2.19. The highest BCUT2D eigenvalue weighted by Gasteiger charge is 2.14. The Morgan fingerprint density at radius 3 is 2.32 bits per heavy atom. The fourth-order valence-electron chi connectivity index (χ4n) is 2.42. The van der Waals surface area contributed by atoms with E-state index < -0.39 is 5.97 Å². The van der Waals surface area contributed by atoms with Crippen LogP contribution in [0.3, 0.4) is 0 Å². The van der Waals surface area contributed by atoms with Crippen LogP contribution in [0.1, 0.15) is 36.1 Å². The van der Waals surface area contributed by atoms with Crippen molar-refractivity contribution in [3.63, 3.8) is 0 Å². The quantitative estimate of drug-likeness (QED) is 0.707. The molecule has 0 heterocycles. The standard InChI is InChI=1S/C20H22BrNO3/c1-3-18(16-8-10-17(21)11-9-16)22-19(23)13-25-20(24)12-15-6-4-14(2)5-7-15/h4-11,18H,3,12-13H2,1-2H3,(H,22,23)/t18-/m0/s1. The lowest BCUT2D eigenvalue weighted by Gasteiger charge is -2.17. The molecule has 0 saturated heterocycles. The first-order valence-electron chi connectivity index (χ1n) is 8.24. The van der Waals surface area contributed by atoms with Gasteiger partial charge < -0.3 is 10.1 Å². The summed E-state index contributed by atoms with van der Waals surface area (Å²) >= 11 is 3.39. The Morgan fingerprint density at radius 2 is 1.72 bits per heavy atom. The molecule has 2 aromatic rings. The van der Waals surface area contributed by atoms with Crippen LogP contribution in [0.4, 0.5) is 0 Å². The summed E-state index contributed by atoms with van der Waals surface area (Å²) in [5.41, 5.74) is 3.03. The van der Waals surface area contributed by atoms with Gasteiger partial charge in [0.05, 0.1) is 12.5 Å². The van der Waals surface area contributed by atoms with E-state index in [1.54, 1.807) is 0 Å². The highest BCUT2D eigenvalue weighted by atomic mass is 79.9. The predicted octanol–water partition coefficient (Wildman–Crippen LogP) is 4.11. The molecular formula is C20H22BrNO3. The van der Waals surface area contributed by atoms with Gasteiger partial charge in [0.15, 0.2) is 6.61 Å². The zero-order chi connectivity index (χ0) is 18.2. The SMILES string of the molecule is CC[C@H](NC(=O)COC(=O)Cc1ccc(C)cc1)c1ccc(Br)cc1. The predicted molar refractivity (Wildman–Crippen MR) is 101 cm³/mol. The third-order valence-corrected chi connectivity index (χ3v) is 4.38. The topological polar surface area (TPSA) is 55.4 Å². The Morgan fingerprint density at radius 1 is 1.08 bits per heavy atom. The maximum Gasteiger partial charge on any atom is 0.310 e. The van der Waals surface area contributed by atoms with Crippen molar-refractivity contribution in [1.29, 1.82) is 0 Å². The monoisotopic (exact) mass is 403 g/mol. The maximum atomic E-state index is 12.1. The van der Waals surface area contributed by atoms with E-state index in [1.807, 2.05) is 62.4 Å². The smallest absolute Gasteiger partial charge is 0.310 e. The van der Waals surface area contributed by atoms with Crippen LogP contribution in [0.15, 0.2) is 53.0 Å². The number of rotatable bonds is 7. The third kappa shape index (κ3) is 6.35. The van der Waals surface area contributed by atoms with Gasteiger partial charge in [0, 0.05) is 4.47 Å². The molecule has 0 aromatic heterocycles. The normalized spacial score (nSPS) is 11.6. The summed E-state index contributed by atoms with van der Waals surface area (Å²) in [4.78, 5) is 23.9. The average Bonchev–Trinajstić information content (AvgIpc) is 2.61. The lowest BCUT2D eigenvalue weighted by atomic mass is 10.0. The number of hydrogen-bond donors (Lipinski definition) is 1. The second-order valence-electron chi connectivity index (χ2n) is 5.90. The fraction of sp³-hybridized carbons (Fsp3) is 0.300. The van der Waals surface area contributed by atoms with Gasteiger partial charge in [-0.15, -0.1) is 0 Å². The Bertz CT molecular complexity index is 711. The average molecular weight is 404 g/mol. The summed E-state index contributed by atoms with van der Waals surface area (Å²) in [6, 6.07) is 15.4. The second-order valence-corrected chi connectivity index (χ2v) is 6.82. The number of hydrogen-bond acceptors (Lipinski definition) is 3. The van der Waals surface area contributed by atoms with Crippen LogP contribution in [0.25, 0.3) is 0 Å². The molecule has 0 radical (unpaired) electrons. The van der Waals surface area contributed by atoms with Crippen LogP contribution >= 0.6 is 15.9 Å². The zero-order valence-corrected chi connectivity index (χ0v) is 16.0. The molecule has 0 unspecified atom stereocenters. The molecule has 1 N–H and O–H groups in total. The number of esters is 1. The number of benzene rings is 2. The van der Waals surface area contributed by atoms with Crippen LogP contribution in [-0.2, 0) is 20.7 Å². The minimum Gasteiger partial charge on any atom is -0.455 e. The van der Waals surface area contributed by atoms with Crippen LogP contribution in [0, 0.1) is 6.92 Å². The summed E-state index contributed by atoms with van der Waals surface area (Å²) in [5, 5.41) is 2.90. The largest absolute Gasteiger partial charge is 0.455 e. The second kappa shape index (κ2) is 9.37. The molecular weight excluding hydrogens is 382 g/mol. The molecule has 0 spiro atoms. The van der Waals surface area contributed by atoms with Gasteiger partial charge in [0.1, 0.15) is 0 Å². The van der Waals surface area contributed by atoms with Crippen molar-refractivity contribution in [3.8, 4) is 0 Å². The lowest BCUT2D eigenvalue weighted by molar-refractivity contribution is -0.148. The summed E-state index contributed by atoms with van der Waals surface area (Å²) in [7, 11) is 0. The number of aryl methyl sites for hydroxylation is 1. The first-order valence-corrected chi connectivity index (χ1v) is 9.03.